The highest BCUT2D eigenvalue weighted by molar-refractivity contribution is 5.97. The molecule has 3 heterocycles. The Kier molecular flexibility index (Phi) is 3.43. The second-order valence-electron chi connectivity index (χ2n) is 7.43. The molecule has 3 aromatic rings. The molecular weight excluding hydrogens is 358 g/mol. The van der Waals surface area contributed by atoms with Gasteiger partial charge in [0.1, 0.15) is 6.04 Å². The molecule has 7 heteroatoms. The SMILES string of the molecule is CN1CC(=O)N2C(Cc3c([nH]c4ccccc34)C2c2ccc(O)c(O)c2)C1=O. The van der Waals surface area contributed by atoms with Crippen LogP contribution in [0.15, 0.2) is 42.5 Å². The quantitative estimate of drug-likeness (QED) is 0.564. The van der Waals surface area contributed by atoms with Crippen LogP contribution in [0, 0.1) is 0 Å². The van der Waals surface area contributed by atoms with E-state index in [2.05, 4.69) is 4.98 Å². The lowest BCUT2D eigenvalue weighted by Gasteiger charge is -2.46. The molecule has 28 heavy (non-hydrogen) atoms. The lowest BCUT2D eigenvalue weighted by molar-refractivity contribution is -0.157. The number of likely N-dealkylation sites (N-methyl/N-ethyl adjacent to an activating group) is 1. The smallest absolute Gasteiger partial charge is 0.245 e. The van der Waals surface area contributed by atoms with E-state index in [-0.39, 0.29) is 29.9 Å². The molecule has 7 nitrogen and oxygen atoms in total. The van der Waals surface area contributed by atoms with Crippen molar-refractivity contribution in [3.63, 3.8) is 0 Å². The van der Waals surface area contributed by atoms with E-state index < -0.39 is 12.1 Å². The van der Waals surface area contributed by atoms with Crippen LogP contribution in [0.25, 0.3) is 10.9 Å². The van der Waals surface area contributed by atoms with Crippen molar-refractivity contribution >= 4 is 22.7 Å². The lowest BCUT2D eigenvalue weighted by atomic mass is 9.86. The molecule has 0 radical (unpaired) electrons. The number of fused-ring (bicyclic) bond motifs is 4. The predicted octanol–water partition coefficient (Wildman–Crippen LogP) is 1.89. The van der Waals surface area contributed by atoms with Crippen LogP contribution in [0.2, 0.25) is 0 Å². The van der Waals surface area contributed by atoms with Crippen molar-refractivity contribution in [1.29, 1.82) is 0 Å². The summed E-state index contributed by atoms with van der Waals surface area (Å²) in [6.07, 6.45) is 0.439. The predicted molar refractivity (Wildman–Crippen MR) is 102 cm³/mol. The van der Waals surface area contributed by atoms with E-state index >= 15 is 0 Å². The minimum absolute atomic E-state index is 0.0193. The number of hydrogen-bond donors (Lipinski definition) is 3. The molecule has 5 rings (SSSR count). The molecule has 2 amide bonds. The van der Waals surface area contributed by atoms with Gasteiger partial charge in [0, 0.05) is 30.1 Å². The molecule has 0 aliphatic carbocycles. The molecule has 0 saturated carbocycles. The third-order valence-electron chi connectivity index (χ3n) is 5.77. The van der Waals surface area contributed by atoms with Gasteiger partial charge in [-0.05, 0) is 29.3 Å². The van der Waals surface area contributed by atoms with Crippen LogP contribution in [-0.2, 0) is 16.0 Å². The van der Waals surface area contributed by atoms with E-state index in [0.29, 0.717) is 12.0 Å². The zero-order chi connectivity index (χ0) is 19.6. The number of amides is 2. The number of hydrogen-bond acceptors (Lipinski definition) is 4. The number of benzene rings is 2. The van der Waals surface area contributed by atoms with Crippen LogP contribution in [0.4, 0.5) is 0 Å². The number of carbonyl (C=O) groups excluding carboxylic acids is 2. The van der Waals surface area contributed by atoms with E-state index in [1.165, 1.54) is 17.0 Å². The standard InChI is InChI=1S/C21H19N3O4/c1-23-10-18(27)24-15(21(23)28)9-13-12-4-2-3-5-14(12)22-19(13)20(24)11-6-7-16(25)17(26)8-11/h2-8,15,20,22,25-26H,9-10H2,1H3. The first-order chi connectivity index (χ1) is 13.5. The second-order valence-corrected chi connectivity index (χ2v) is 7.43. The zero-order valence-electron chi connectivity index (χ0n) is 15.2. The monoisotopic (exact) mass is 377 g/mol. The first-order valence-electron chi connectivity index (χ1n) is 9.13. The summed E-state index contributed by atoms with van der Waals surface area (Å²) in [5.41, 5.74) is 3.42. The van der Waals surface area contributed by atoms with Gasteiger partial charge in [0.2, 0.25) is 11.8 Å². The maximum absolute atomic E-state index is 13.0. The minimum Gasteiger partial charge on any atom is -0.504 e. The molecule has 2 unspecified atom stereocenters. The number of nitrogens with one attached hydrogen (secondary N) is 1. The highest BCUT2D eigenvalue weighted by atomic mass is 16.3. The van der Waals surface area contributed by atoms with Crippen molar-refractivity contribution in [3.05, 3.63) is 59.3 Å². The van der Waals surface area contributed by atoms with Gasteiger partial charge in [0.15, 0.2) is 11.5 Å². The number of phenolic OH excluding ortho intramolecular Hbond substituents is 2. The number of para-hydroxylation sites is 1. The van der Waals surface area contributed by atoms with Crippen LogP contribution in [0.1, 0.15) is 22.9 Å². The summed E-state index contributed by atoms with van der Waals surface area (Å²) in [6.45, 7) is 0.0193. The molecule has 2 aliphatic rings. The largest absolute Gasteiger partial charge is 0.504 e. The van der Waals surface area contributed by atoms with Gasteiger partial charge in [-0.15, -0.1) is 0 Å². The number of aromatic nitrogens is 1. The fourth-order valence-corrected chi connectivity index (χ4v) is 4.46. The Bertz CT molecular complexity index is 1140. The first kappa shape index (κ1) is 16.7. The number of piperazine rings is 1. The van der Waals surface area contributed by atoms with Crippen molar-refractivity contribution in [2.75, 3.05) is 13.6 Å². The fourth-order valence-electron chi connectivity index (χ4n) is 4.46. The summed E-state index contributed by atoms with van der Waals surface area (Å²) in [4.78, 5) is 32.4. The van der Waals surface area contributed by atoms with Gasteiger partial charge in [0.25, 0.3) is 0 Å². The number of rotatable bonds is 1. The Balaban J connectivity index is 1.77. The van der Waals surface area contributed by atoms with E-state index in [1.54, 1.807) is 18.0 Å². The fraction of sp³-hybridized carbons (Fsp3) is 0.238. The average molecular weight is 377 g/mol. The van der Waals surface area contributed by atoms with Crippen LogP contribution in [0.3, 0.4) is 0 Å². The molecule has 0 spiro atoms. The molecule has 2 aromatic carbocycles. The van der Waals surface area contributed by atoms with E-state index in [4.69, 9.17) is 0 Å². The number of carbonyl (C=O) groups is 2. The van der Waals surface area contributed by atoms with Crippen LogP contribution in [-0.4, -0.2) is 56.4 Å². The number of aromatic amines is 1. The molecule has 1 saturated heterocycles. The van der Waals surface area contributed by atoms with Crippen molar-refractivity contribution < 1.29 is 19.8 Å². The van der Waals surface area contributed by atoms with Gasteiger partial charge in [0.05, 0.1) is 12.6 Å². The second kappa shape index (κ2) is 5.76. The summed E-state index contributed by atoms with van der Waals surface area (Å²) in [5, 5.41) is 20.8. The molecule has 1 fully saturated rings. The lowest BCUT2D eigenvalue weighted by Crippen LogP contribution is -2.62. The van der Waals surface area contributed by atoms with Gasteiger partial charge >= 0.3 is 0 Å². The first-order valence-corrected chi connectivity index (χ1v) is 9.13. The maximum Gasteiger partial charge on any atom is 0.245 e. The Morgan fingerprint density at radius 2 is 1.86 bits per heavy atom. The molecule has 2 aliphatic heterocycles. The third-order valence-corrected chi connectivity index (χ3v) is 5.77. The normalized spacial score (nSPS) is 21.8. The molecule has 142 valence electrons. The molecule has 1 aromatic heterocycles. The maximum atomic E-state index is 13.0. The number of aromatic hydroxyl groups is 2. The highest BCUT2D eigenvalue weighted by Gasteiger charge is 2.47. The summed E-state index contributed by atoms with van der Waals surface area (Å²) in [5.74, 6) is -0.726. The summed E-state index contributed by atoms with van der Waals surface area (Å²) < 4.78 is 0. The van der Waals surface area contributed by atoms with Crippen LogP contribution in [0.5, 0.6) is 11.5 Å². The van der Waals surface area contributed by atoms with Crippen molar-refractivity contribution in [1.82, 2.24) is 14.8 Å². The van der Waals surface area contributed by atoms with E-state index in [9.17, 15) is 19.8 Å². The van der Waals surface area contributed by atoms with Crippen LogP contribution < -0.4 is 0 Å². The summed E-state index contributed by atoms with van der Waals surface area (Å²) >= 11 is 0. The Morgan fingerprint density at radius 3 is 2.64 bits per heavy atom. The van der Waals surface area contributed by atoms with Gasteiger partial charge in [-0.2, -0.15) is 0 Å². The molecule has 2 atom stereocenters. The minimum atomic E-state index is -0.598. The van der Waals surface area contributed by atoms with Gasteiger partial charge < -0.3 is 25.0 Å². The Morgan fingerprint density at radius 1 is 1.07 bits per heavy atom. The highest BCUT2D eigenvalue weighted by Crippen LogP contribution is 2.43. The van der Waals surface area contributed by atoms with Gasteiger partial charge in [-0.1, -0.05) is 24.3 Å². The van der Waals surface area contributed by atoms with Crippen molar-refractivity contribution in [2.24, 2.45) is 0 Å². The molecule has 3 N–H and O–H groups in total. The molecular formula is C21H19N3O4. The summed E-state index contributed by atoms with van der Waals surface area (Å²) in [6, 6.07) is 11.2. The van der Waals surface area contributed by atoms with E-state index in [1.807, 2.05) is 24.3 Å². The number of phenols is 2. The molecule has 0 bridgehead atoms. The average Bonchev–Trinajstić information content (AvgIpc) is 3.05. The topological polar surface area (TPSA) is 96.9 Å². The van der Waals surface area contributed by atoms with Crippen molar-refractivity contribution in [2.45, 2.75) is 18.5 Å². The third kappa shape index (κ3) is 2.22. The number of H-pyrrole nitrogens is 1. The van der Waals surface area contributed by atoms with Gasteiger partial charge in [-0.25, -0.2) is 0 Å². The zero-order valence-corrected chi connectivity index (χ0v) is 15.2. The number of nitrogens with zero attached hydrogens (tertiary/aromatic N) is 2. The van der Waals surface area contributed by atoms with E-state index in [0.717, 1.165) is 22.2 Å². The van der Waals surface area contributed by atoms with Crippen molar-refractivity contribution in [3.8, 4) is 11.5 Å². The Hall–Kier alpha value is -3.48. The Labute approximate surface area is 160 Å². The van der Waals surface area contributed by atoms with Crippen LogP contribution >= 0.6 is 0 Å². The van der Waals surface area contributed by atoms with Gasteiger partial charge in [-0.3, -0.25) is 9.59 Å². The summed E-state index contributed by atoms with van der Waals surface area (Å²) in [7, 11) is 1.64.